The van der Waals surface area contributed by atoms with Gasteiger partial charge in [-0.3, -0.25) is 4.79 Å². The average Bonchev–Trinajstić information content (AvgIpc) is 3.32. The van der Waals surface area contributed by atoms with Crippen LogP contribution < -0.4 is 5.32 Å². The number of rotatable bonds is 3. The van der Waals surface area contributed by atoms with E-state index in [0.29, 0.717) is 44.5 Å². The first-order valence-corrected chi connectivity index (χ1v) is 8.34. The van der Waals surface area contributed by atoms with Gasteiger partial charge < -0.3 is 19.5 Å². The Kier molecular flexibility index (Phi) is 3.85. The zero-order valence-corrected chi connectivity index (χ0v) is 14.8. The second-order valence-corrected chi connectivity index (χ2v) is 6.42. The number of ether oxygens (including phenoxy) is 1. The second kappa shape index (κ2) is 6.07. The fraction of sp³-hybridized carbons (Fsp3) is 0.158. The molecule has 2 aromatic heterocycles. The maximum absolute atomic E-state index is 12.8. The first-order valence-electron chi connectivity index (χ1n) is 7.96. The number of aromatic nitrogens is 1. The van der Waals surface area contributed by atoms with Gasteiger partial charge >= 0.3 is 5.97 Å². The number of carbonyl (C=O) groups excluding carboxylic acids is 2. The number of halogens is 1. The van der Waals surface area contributed by atoms with Crippen molar-refractivity contribution in [2.45, 2.75) is 12.8 Å². The zero-order chi connectivity index (χ0) is 18.4. The van der Waals surface area contributed by atoms with Crippen molar-refractivity contribution in [2.24, 2.45) is 0 Å². The van der Waals surface area contributed by atoms with E-state index in [-0.39, 0.29) is 5.91 Å². The van der Waals surface area contributed by atoms with Gasteiger partial charge in [0.1, 0.15) is 5.76 Å². The maximum atomic E-state index is 12.8. The molecule has 7 heteroatoms. The Balaban J connectivity index is 2.01. The largest absolute Gasteiger partial charge is 0.465 e. The van der Waals surface area contributed by atoms with Crippen LogP contribution in [0.5, 0.6) is 0 Å². The molecule has 26 heavy (non-hydrogen) atoms. The molecule has 0 fully saturated rings. The summed E-state index contributed by atoms with van der Waals surface area (Å²) in [7, 11) is 1.31. The zero-order valence-electron chi connectivity index (χ0n) is 14.1. The van der Waals surface area contributed by atoms with Gasteiger partial charge in [0.25, 0.3) is 0 Å². The molecule has 1 atom stereocenters. The van der Waals surface area contributed by atoms with E-state index in [1.165, 1.54) is 13.4 Å². The van der Waals surface area contributed by atoms with Crippen molar-refractivity contribution >= 4 is 29.2 Å². The molecule has 0 aliphatic carbocycles. The number of benzene rings is 1. The summed E-state index contributed by atoms with van der Waals surface area (Å²) in [5, 5.41) is 3.26. The van der Waals surface area contributed by atoms with E-state index in [2.05, 4.69) is 10.3 Å². The van der Waals surface area contributed by atoms with Crippen LogP contribution in [0, 0.1) is 6.92 Å². The lowest BCUT2D eigenvalue weighted by molar-refractivity contribution is -0.116. The van der Waals surface area contributed by atoms with Crippen molar-refractivity contribution in [3.05, 3.63) is 64.0 Å². The number of para-hydroxylation sites is 1. The number of methoxy groups -OCH3 is 1. The van der Waals surface area contributed by atoms with Crippen molar-refractivity contribution in [1.29, 1.82) is 0 Å². The Bertz CT molecular complexity index is 1020. The fourth-order valence-corrected chi connectivity index (χ4v) is 3.68. The van der Waals surface area contributed by atoms with Crippen molar-refractivity contribution in [3.8, 4) is 11.5 Å². The van der Waals surface area contributed by atoms with Crippen LogP contribution >= 0.6 is 11.6 Å². The van der Waals surface area contributed by atoms with Gasteiger partial charge in [0.15, 0.2) is 0 Å². The number of hydrogen-bond acceptors (Lipinski definition) is 4. The molecule has 0 saturated carbocycles. The number of hydrogen-bond donors (Lipinski definition) is 2. The van der Waals surface area contributed by atoms with E-state index in [0.717, 1.165) is 0 Å². The minimum absolute atomic E-state index is 0.259. The van der Waals surface area contributed by atoms with Crippen LogP contribution in [0.2, 0.25) is 5.02 Å². The van der Waals surface area contributed by atoms with Crippen LogP contribution in [0.25, 0.3) is 11.5 Å². The van der Waals surface area contributed by atoms with Crippen molar-refractivity contribution in [1.82, 2.24) is 4.98 Å². The SMILES string of the molecule is COC(=O)c1c(C)[nH]c(-c2ccco2)c1[C@H]1C(=O)Nc2c(Cl)cccc21. The Morgan fingerprint density at radius 1 is 1.27 bits per heavy atom. The minimum Gasteiger partial charge on any atom is -0.465 e. The van der Waals surface area contributed by atoms with Crippen LogP contribution in [0.3, 0.4) is 0 Å². The van der Waals surface area contributed by atoms with E-state index in [1.807, 2.05) is 6.07 Å². The van der Waals surface area contributed by atoms with Crippen LogP contribution in [0.15, 0.2) is 41.0 Å². The molecule has 6 nitrogen and oxygen atoms in total. The Morgan fingerprint density at radius 2 is 2.08 bits per heavy atom. The highest BCUT2D eigenvalue weighted by molar-refractivity contribution is 6.34. The van der Waals surface area contributed by atoms with Gasteiger partial charge in [0.05, 0.1) is 41.3 Å². The summed E-state index contributed by atoms with van der Waals surface area (Å²) in [5.74, 6) is -0.954. The van der Waals surface area contributed by atoms with Gasteiger partial charge in [-0.1, -0.05) is 23.7 Å². The molecule has 0 radical (unpaired) electrons. The number of H-pyrrole nitrogens is 1. The number of amides is 1. The van der Waals surface area contributed by atoms with Crippen LogP contribution in [0.4, 0.5) is 5.69 Å². The van der Waals surface area contributed by atoms with E-state index in [1.54, 1.807) is 31.2 Å². The molecule has 132 valence electrons. The number of carbonyl (C=O) groups is 2. The van der Waals surface area contributed by atoms with E-state index < -0.39 is 11.9 Å². The lowest BCUT2D eigenvalue weighted by Gasteiger charge is -2.12. The average molecular weight is 371 g/mol. The van der Waals surface area contributed by atoms with Gasteiger partial charge in [0, 0.05) is 11.3 Å². The molecule has 0 bridgehead atoms. The fourth-order valence-electron chi connectivity index (χ4n) is 3.45. The third-order valence-corrected chi connectivity index (χ3v) is 4.85. The highest BCUT2D eigenvalue weighted by atomic mass is 35.5. The molecule has 0 unspecified atom stereocenters. The number of furan rings is 1. The molecule has 3 aromatic rings. The highest BCUT2D eigenvalue weighted by Gasteiger charge is 2.39. The predicted molar refractivity (Wildman–Crippen MR) is 96.5 cm³/mol. The standard InChI is InChI=1S/C19H15ClN2O4/c1-9-13(19(24)25-2)15(17(21-9)12-7-4-8-26-12)14-10-5-3-6-11(20)16(10)22-18(14)23/h3-8,14,21H,1-2H3,(H,22,23)/t14-/m0/s1. The molecule has 1 aliphatic rings. The van der Waals surface area contributed by atoms with Gasteiger partial charge in [-0.15, -0.1) is 0 Å². The molecule has 1 amide bonds. The summed E-state index contributed by atoms with van der Waals surface area (Å²) in [5.41, 5.74) is 3.28. The normalized spacial score (nSPS) is 15.7. The number of aryl methyl sites for hydroxylation is 1. The molecular weight excluding hydrogens is 356 g/mol. The molecule has 2 N–H and O–H groups in total. The summed E-state index contributed by atoms with van der Waals surface area (Å²) < 4.78 is 10.5. The first-order chi connectivity index (χ1) is 12.5. The van der Waals surface area contributed by atoms with Gasteiger partial charge in [-0.2, -0.15) is 0 Å². The molecule has 3 heterocycles. The molecular formula is C19H15ClN2O4. The van der Waals surface area contributed by atoms with Gasteiger partial charge in [0.2, 0.25) is 5.91 Å². The molecule has 0 saturated heterocycles. The highest BCUT2D eigenvalue weighted by Crippen LogP contribution is 2.45. The molecule has 0 spiro atoms. The van der Waals surface area contributed by atoms with Gasteiger partial charge in [-0.05, 0) is 30.7 Å². The third-order valence-electron chi connectivity index (χ3n) is 4.54. The summed E-state index contributed by atoms with van der Waals surface area (Å²) in [6.45, 7) is 1.76. The van der Waals surface area contributed by atoms with E-state index in [4.69, 9.17) is 20.8 Å². The van der Waals surface area contributed by atoms with Crippen molar-refractivity contribution in [2.75, 3.05) is 12.4 Å². The lowest BCUT2D eigenvalue weighted by Crippen LogP contribution is -2.17. The van der Waals surface area contributed by atoms with Crippen LogP contribution in [-0.2, 0) is 9.53 Å². The smallest absolute Gasteiger partial charge is 0.340 e. The monoisotopic (exact) mass is 370 g/mol. The van der Waals surface area contributed by atoms with E-state index in [9.17, 15) is 9.59 Å². The second-order valence-electron chi connectivity index (χ2n) is 6.01. The Hall–Kier alpha value is -2.99. The number of anilines is 1. The number of fused-ring (bicyclic) bond motifs is 1. The predicted octanol–water partition coefficient (Wildman–Crippen LogP) is 4.11. The lowest BCUT2D eigenvalue weighted by atomic mass is 9.88. The third kappa shape index (κ3) is 2.34. The van der Waals surface area contributed by atoms with E-state index >= 15 is 0 Å². The van der Waals surface area contributed by atoms with Crippen molar-refractivity contribution in [3.63, 3.8) is 0 Å². The molecule has 4 rings (SSSR count). The summed E-state index contributed by atoms with van der Waals surface area (Å²) in [6, 6.07) is 8.81. The number of esters is 1. The van der Waals surface area contributed by atoms with Crippen molar-refractivity contribution < 1.29 is 18.7 Å². The Morgan fingerprint density at radius 3 is 2.77 bits per heavy atom. The molecule has 1 aliphatic heterocycles. The van der Waals surface area contributed by atoms with Gasteiger partial charge in [-0.25, -0.2) is 4.79 Å². The van der Waals surface area contributed by atoms with Crippen LogP contribution in [-0.4, -0.2) is 24.0 Å². The first kappa shape index (κ1) is 16.5. The quantitative estimate of drug-likeness (QED) is 0.679. The summed E-state index contributed by atoms with van der Waals surface area (Å²) in [4.78, 5) is 28.4. The summed E-state index contributed by atoms with van der Waals surface area (Å²) >= 11 is 6.23. The number of nitrogens with one attached hydrogen (secondary N) is 2. The summed E-state index contributed by atoms with van der Waals surface area (Å²) in [6.07, 6.45) is 1.53. The van der Waals surface area contributed by atoms with Crippen LogP contribution in [0.1, 0.15) is 33.1 Å². The minimum atomic E-state index is -0.706. The topological polar surface area (TPSA) is 84.3 Å². The number of aromatic amines is 1. The Labute approximate surface area is 154 Å². The maximum Gasteiger partial charge on any atom is 0.340 e. The molecule has 1 aromatic carbocycles.